The van der Waals surface area contributed by atoms with Crippen molar-refractivity contribution >= 4 is 29.1 Å². The summed E-state index contributed by atoms with van der Waals surface area (Å²) < 4.78 is 0. The molecule has 0 bridgehead atoms. The van der Waals surface area contributed by atoms with E-state index in [4.69, 9.17) is 11.6 Å². The van der Waals surface area contributed by atoms with Crippen LogP contribution in [0.5, 0.6) is 0 Å². The molecule has 0 unspecified atom stereocenters. The SMILES string of the molecule is CC[C@H]1CCCCN1C(=O)CN(C)CC(=O)Nc1ccc(Cl)cc1. The van der Waals surface area contributed by atoms with Crippen LogP contribution in [0.3, 0.4) is 0 Å². The van der Waals surface area contributed by atoms with Gasteiger partial charge in [0.1, 0.15) is 0 Å². The number of nitrogens with one attached hydrogen (secondary N) is 1. The van der Waals surface area contributed by atoms with Gasteiger partial charge in [-0.25, -0.2) is 0 Å². The van der Waals surface area contributed by atoms with Crippen molar-refractivity contribution in [1.29, 1.82) is 0 Å². The Kier molecular flexibility index (Phi) is 7.06. The highest BCUT2D eigenvalue weighted by Gasteiger charge is 2.26. The first kappa shape index (κ1) is 18.7. The third-order valence-corrected chi connectivity index (χ3v) is 4.62. The first-order valence-electron chi connectivity index (χ1n) is 8.53. The van der Waals surface area contributed by atoms with Crippen molar-refractivity contribution in [2.45, 2.75) is 38.6 Å². The van der Waals surface area contributed by atoms with Gasteiger partial charge in [0.05, 0.1) is 13.1 Å². The van der Waals surface area contributed by atoms with Crippen LogP contribution in [0.2, 0.25) is 5.02 Å². The standard InChI is InChI=1S/C18H26ClN3O2/c1-3-16-6-4-5-11-22(16)18(24)13-21(2)12-17(23)20-15-9-7-14(19)8-10-15/h7-10,16H,3-6,11-13H2,1-2H3,(H,20,23)/t16-/m0/s1. The van der Waals surface area contributed by atoms with E-state index in [1.165, 1.54) is 6.42 Å². The summed E-state index contributed by atoms with van der Waals surface area (Å²) in [5.74, 6) is -0.0262. The van der Waals surface area contributed by atoms with Crippen molar-refractivity contribution in [2.24, 2.45) is 0 Å². The summed E-state index contributed by atoms with van der Waals surface area (Å²) in [4.78, 5) is 28.3. The van der Waals surface area contributed by atoms with Gasteiger partial charge in [-0.3, -0.25) is 14.5 Å². The molecule has 6 heteroatoms. The number of hydrogen-bond acceptors (Lipinski definition) is 3. The molecule has 1 aromatic rings. The van der Waals surface area contributed by atoms with Gasteiger partial charge in [-0.15, -0.1) is 0 Å². The smallest absolute Gasteiger partial charge is 0.238 e. The van der Waals surface area contributed by atoms with Crippen molar-refractivity contribution in [2.75, 3.05) is 32.0 Å². The van der Waals surface area contributed by atoms with Gasteiger partial charge in [-0.1, -0.05) is 18.5 Å². The molecule has 1 aromatic carbocycles. The van der Waals surface area contributed by atoms with E-state index in [1.807, 2.05) is 4.90 Å². The van der Waals surface area contributed by atoms with E-state index in [-0.39, 0.29) is 24.9 Å². The summed E-state index contributed by atoms with van der Waals surface area (Å²) in [7, 11) is 1.80. The predicted octanol–water partition coefficient (Wildman–Crippen LogP) is 3.00. The fourth-order valence-electron chi connectivity index (χ4n) is 3.11. The first-order chi connectivity index (χ1) is 11.5. The van der Waals surface area contributed by atoms with E-state index < -0.39 is 0 Å². The van der Waals surface area contributed by atoms with Crippen molar-refractivity contribution in [1.82, 2.24) is 9.80 Å². The van der Waals surface area contributed by atoms with Gasteiger partial charge in [-0.2, -0.15) is 0 Å². The molecule has 0 aromatic heterocycles. The average Bonchev–Trinajstić information content (AvgIpc) is 2.56. The van der Waals surface area contributed by atoms with E-state index >= 15 is 0 Å². The maximum Gasteiger partial charge on any atom is 0.238 e. The number of piperidine rings is 1. The Morgan fingerprint density at radius 3 is 2.62 bits per heavy atom. The number of likely N-dealkylation sites (N-methyl/N-ethyl adjacent to an activating group) is 1. The molecule has 1 aliphatic heterocycles. The van der Waals surface area contributed by atoms with Crippen LogP contribution in [-0.4, -0.2) is 54.3 Å². The minimum absolute atomic E-state index is 0.114. The van der Waals surface area contributed by atoms with Crippen LogP contribution < -0.4 is 5.32 Å². The highest BCUT2D eigenvalue weighted by molar-refractivity contribution is 6.30. The Balaban J connectivity index is 1.81. The zero-order chi connectivity index (χ0) is 17.5. The largest absolute Gasteiger partial charge is 0.339 e. The quantitative estimate of drug-likeness (QED) is 0.857. The van der Waals surface area contributed by atoms with E-state index in [2.05, 4.69) is 12.2 Å². The normalized spacial score (nSPS) is 17.8. The van der Waals surface area contributed by atoms with E-state index in [1.54, 1.807) is 36.2 Å². The number of anilines is 1. The molecule has 2 rings (SSSR count). The third kappa shape index (κ3) is 5.49. The van der Waals surface area contributed by atoms with Gasteiger partial charge in [0, 0.05) is 23.3 Å². The third-order valence-electron chi connectivity index (χ3n) is 4.37. The molecule has 0 spiro atoms. The second kappa shape index (κ2) is 9.04. The van der Waals surface area contributed by atoms with E-state index in [0.29, 0.717) is 16.8 Å². The lowest BCUT2D eigenvalue weighted by molar-refractivity contribution is -0.136. The van der Waals surface area contributed by atoms with Crippen molar-refractivity contribution in [3.05, 3.63) is 29.3 Å². The molecule has 1 fully saturated rings. The Bertz CT molecular complexity index is 562. The number of benzene rings is 1. The molecule has 1 aliphatic rings. The van der Waals surface area contributed by atoms with Crippen molar-refractivity contribution in [3.8, 4) is 0 Å². The van der Waals surface area contributed by atoms with Gasteiger partial charge in [0.15, 0.2) is 0 Å². The molecule has 132 valence electrons. The lowest BCUT2D eigenvalue weighted by atomic mass is 10.00. The monoisotopic (exact) mass is 351 g/mol. The van der Waals surface area contributed by atoms with Crippen LogP contribution in [0.25, 0.3) is 0 Å². The van der Waals surface area contributed by atoms with Gasteiger partial charge >= 0.3 is 0 Å². The Morgan fingerprint density at radius 1 is 1.25 bits per heavy atom. The fourth-order valence-corrected chi connectivity index (χ4v) is 3.24. The lowest BCUT2D eigenvalue weighted by Crippen LogP contribution is -2.48. The van der Waals surface area contributed by atoms with Crippen LogP contribution >= 0.6 is 11.6 Å². The zero-order valence-corrected chi connectivity index (χ0v) is 15.2. The van der Waals surface area contributed by atoms with Crippen LogP contribution in [0.4, 0.5) is 5.69 Å². The van der Waals surface area contributed by atoms with E-state index in [9.17, 15) is 9.59 Å². The molecule has 1 heterocycles. The second-order valence-electron chi connectivity index (χ2n) is 6.37. The maximum absolute atomic E-state index is 12.5. The predicted molar refractivity (Wildman–Crippen MR) is 97.2 cm³/mol. The molecule has 24 heavy (non-hydrogen) atoms. The molecule has 1 N–H and O–H groups in total. The van der Waals surface area contributed by atoms with Crippen LogP contribution in [-0.2, 0) is 9.59 Å². The van der Waals surface area contributed by atoms with Gasteiger partial charge in [-0.05, 0) is 57.0 Å². The molecule has 0 aliphatic carbocycles. The van der Waals surface area contributed by atoms with Crippen molar-refractivity contribution in [3.63, 3.8) is 0 Å². The number of carbonyl (C=O) groups is 2. The highest BCUT2D eigenvalue weighted by Crippen LogP contribution is 2.19. The fraction of sp³-hybridized carbons (Fsp3) is 0.556. The minimum atomic E-state index is -0.140. The summed E-state index contributed by atoms with van der Waals surface area (Å²) in [6, 6.07) is 7.32. The molecule has 1 atom stereocenters. The summed E-state index contributed by atoms with van der Waals surface area (Å²) in [5, 5.41) is 3.44. The molecule has 5 nitrogen and oxygen atoms in total. The van der Waals surface area contributed by atoms with Gasteiger partial charge in [0.25, 0.3) is 0 Å². The summed E-state index contributed by atoms with van der Waals surface area (Å²) in [6.45, 7) is 3.41. The highest BCUT2D eigenvalue weighted by atomic mass is 35.5. The number of amides is 2. The van der Waals surface area contributed by atoms with Crippen LogP contribution in [0.15, 0.2) is 24.3 Å². The van der Waals surface area contributed by atoms with Gasteiger partial charge < -0.3 is 10.2 Å². The van der Waals surface area contributed by atoms with Gasteiger partial charge in [0.2, 0.25) is 11.8 Å². The summed E-state index contributed by atoms with van der Waals surface area (Å²) >= 11 is 5.82. The zero-order valence-electron chi connectivity index (χ0n) is 14.4. The first-order valence-corrected chi connectivity index (χ1v) is 8.90. The number of hydrogen-bond donors (Lipinski definition) is 1. The minimum Gasteiger partial charge on any atom is -0.339 e. The number of likely N-dealkylation sites (tertiary alicyclic amines) is 1. The average molecular weight is 352 g/mol. The second-order valence-corrected chi connectivity index (χ2v) is 6.81. The number of nitrogens with zero attached hydrogens (tertiary/aromatic N) is 2. The Labute approximate surface area is 149 Å². The molecule has 1 saturated heterocycles. The molecular formula is C18H26ClN3O2. The summed E-state index contributed by atoms with van der Waals surface area (Å²) in [6.07, 6.45) is 4.35. The molecule has 0 saturated carbocycles. The molecule has 2 amide bonds. The molecular weight excluding hydrogens is 326 g/mol. The topological polar surface area (TPSA) is 52.7 Å². The van der Waals surface area contributed by atoms with Crippen LogP contribution in [0, 0.1) is 0 Å². The number of halogens is 1. The van der Waals surface area contributed by atoms with E-state index in [0.717, 1.165) is 25.8 Å². The lowest BCUT2D eigenvalue weighted by Gasteiger charge is -2.36. The Hall–Kier alpha value is -1.59. The van der Waals surface area contributed by atoms with Crippen molar-refractivity contribution < 1.29 is 9.59 Å². The van der Waals surface area contributed by atoms with Crippen LogP contribution in [0.1, 0.15) is 32.6 Å². The maximum atomic E-state index is 12.5. The Morgan fingerprint density at radius 2 is 1.96 bits per heavy atom. The summed E-state index contributed by atoms with van der Waals surface area (Å²) in [5.41, 5.74) is 0.700. The number of rotatable bonds is 6. The molecule has 0 radical (unpaired) electrons. The number of carbonyl (C=O) groups excluding carboxylic acids is 2.